The average Bonchev–Trinajstić information content (AvgIpc) is 2.18. The lowest BCUT2D eigenvalue weighted by Crippen LogP contribution is -2.23. The molecular formula is C12H16O3. The van der Waals surface area contributed by atoms with Crippen molar-refractivity contribution in [1.29, 1.82) is 0 Å². The predicted molar refractivity (Wildman–Crippen MR) is 56.9 cm³/mol. The van der Waals surface area contributed by atoms with Gasteiger partial charge in [-0.3, -0.25) is 0 Å². The molecule has 0 radical (unpaired) electrons. The van der Waals surface area contributed by atoms with E-state index in [0.29, 0.717) is 0 Å². The van der Waals surface area contributed by atoms with Gasteiger partial charge in [0, 0.05) is 5.56 Å². The van der Waals surface area contributed by atoms with Crippen LogP contribution in [0.1, 0.15) is 29.9 Å². The molecule has 0 spiro atoms. The van der Waals surface area contributed by atoms with Crippen molar-refractivity contribution >= 4 is 0 Å². The molecule has 0 aromatic heterocycles. The molecule has 1 heterocycles. The van der Waals surface area contributed by atoms with Crippen molar-refractivity contribution in [3.8, 4) is 5.75 Å². The van der Waals surface area contributed by atoms with Crippen molar-refractivity contribution in [3.05, 3.63) is 28.8 Å². The predicted octanol–water partition coefficient (Wildman–Crippen LogP) is 1.96. The SMILES string of the molecule is COc1cc2c(cc1C)C(O)OC(C)C2. The number of methoxy groups -OCH3 is 1. The molecule has 2 atom stereocenters. The highest BCUT2D eigenvalue weighted by Crippen LogP contribution is 2.33. The van der Waals surface area contributed by atoms with E-state index in [1.54, 1.807) is 7.11 Å². The Labute approximate surface area is 89.6 Å². The molecule has 0 fully saturated rings. The van der Waals surface area contributed by atoms with E-state index in [9.17, 15) is 5.11 Å². The van der Waals surface area contributed by atoms with Crippen LogP contribution in [0.4, 0.5) is 0 Å². The Hall–Kier alpha value is -1.06. The Bertz CT molecular complexity index is 373. The first-order valence-corrected chi connectivity index (χ1v) is 5.12. The molecule has 0 saturated carbocycles. The summed E-state index contributed by atoms with van der Waals surface area (Å²) in [6, 6.07) is 3.93. The second-order valence-corrected chi connectivity index (χ2v) is 4.02. The molecule has 3 nitrogen and oxygen atoms in total. The van der Waals surface area contributed by atoms with Gasteiger partial charge in [0.25, 0.3) is 0 Å². The number of fused-ring (bicyclic) bond motifs is 1. The first kappa shape index (κ1) is 10.5. The monoisotopic (exact) mass is 208 g/mol. The first-order chi connectivity index (χ1) is 7.11. The van der Waals surface area contributed by atoms with E-state index in [4.69, 9.17) is 9.47 Å². The van der Waals surface area contributed by atoms with Crippen LogP contribution in [0, 0.1) is 6.92 Å². The van der Waals surface area contributed by atoms with E-state index in [1.165, 1.54) is 0 Å². The lowest BCUT2D eigenvalue weighted by atomic mass is 9.96. The molecule has 0 aliphatic carbocycles. The van der Waals surface area contributed by atoms with Crippen molar-refractivity contribution in [3.63, 3.8) is 0 Å². The summed E-state index contributed by atoms with van der Waals surface area (Å²) in [6.07, 6.45) is 0.0801. The van der Waals surface area contributed by atoms with Gasteiger partial charge in [-0.25, -0.2) is 0 Å². The zero-order chi connectivity index (χ0) is 11.0. The number of rotatable bonds is 1. The van der Waals surface area contributed by atoms with E-state index in [2.05, 4.69) is 0 Å². The molecule has 1 aliphatic heterocycles. The highest BCUT2D eigenvalue weighted by Gasteiger charge is 2.24. The molecule has 2 rings (SSSR count). The van der Waals surface area contributed by atoms with E-state index in [0.717, 1.165) is 28.9 Å². The number of ether oxygens (including phenoxy) is 2. The topological polar surface area (TPSA) is 38.7 Å². The number of aliphatic hydroxyl groups is 1. The third kappa shape index (κ3) is 1.85. The molecule has 0 bridgehead atoms. The standard InChI is InChI=1S/C12H16O3/c1-7-4-10-9(6-11(7)14-3)5-8(2)15-12(10)13/h4,6,8,12-13H,5H2,1-3H3. The van der Waals surface area contributed by atoms with Gasteiger partial charge < -0.3 is 14.6 Å². The molecule has 0 amide bonds. The number of aryl methyl sites for hydroxylation is 1. The summed E-state index contributed by atoms with van der Waals surface area (Å²) in [5.74, 6) is 0.870. The maximum Gasteiger partial charge on any atom is 0.181 e. The maximum absolute atomic E-state index is 9.76. The lowest BCUT2D eigenvalue weighted by Gasteiger charge is -2.27. The van der Waals surface area contributed by atoms with Crippen LogP contribution in [-0.4, -0.2) is 18.3 Å². The van der Waals surface area contributed by atoms with Crippen LogP contribution < -0.4 is 4.74 Å². The van der Waals surface area contributed by atoms with E-state index in [-0.39, 0.29) is 6.10 Å². The number of benzene rings is 1. The Morgan fingerprint density at radius 3 is 2.87 bits per heavy atom. The van der Waals surface area contributed by atoms with E-state index >= 15 is 0 Å². The molecule has 82 valence electrons. The minimum Gasteiger partial charge on any atom is -0.496 e. The van der Waals surface area contributed by atoms with E-state index in [1.807, 2.05) is 26.0 Å². The summed E-state index contributed by atoms with van der Waals surface area (Å²) in [5.41, 5.74) is 3.00. The van der Waals surface area contributed by atoms with Crippen molar-refractivity contribution < 1.29 is 14.6 Å². The second kappa shape index (κ2) is 3.83. The Balaban J connectivity index is 2.47. The quantitative estimate of drug-likeness (QED) is 0.766. The van der Waals surface area contributed by atoms with Crippen LogP contribution in [0.2, 0.25) is 0 Å². The zero-order valence-corrected chi connectivity index (χ0v) is 9.28. The van der Waals surface area contributed by atoms with Gasteiger partial charge in [0.1, 0.15) is 5.75 Å². The average molecular weight is 208 g/mol. The molecule has 3 heteroatoms. The first-order valence-electron chi connectivity index (χ1n) is 5.12. The second-order valence-electron chi connectivity index (χ2n) is 4.02. The van der Waals surface area contributed by atoms with Crippen LogP contribution in [-0.2, 0) is 11.2 Å². The molecule has 1 aromatic rings. The van der Waals surface area contributed by atoms with Gasteiger partial charge in [0.05, 0.1) is 13.2 Å². The number of hydrogen-bond donors (Lipinski definition) is 1. The third-order valence-electron chi connectivity index (χ3n) is 2.79. The summed E-state index contributed by atoms with van der Waals surface area (Å²) in [6.45, 7) is 3.92. The summed E-state index contributed by atoms with van der Waals surface area (Å²) < 4.78 is 10.6. The van der Waals surface area contributed by atoms with Crippen LogP contribution >= 0.6 is 0 Å². The molecule has 1 N–H and O–H groups in total. The van der Waals surface area contributed by atoms with Gasteiger partial charge in [-0.05, 0) is 43.5 Å². The Morgan fingerprint density at radius 2 is 2.20 bits per heavy atom. The minimum absolute atomic E-state index is 0.0555. The molecule has 2 unspecified atom stereocenters. The van der Waals surface area contributed by atoms with Crippen molar-refractivity contribution in [2.45, 2.75) is 32.7 Å². The summed E-state index contributed by atoms with van der Waals surface area (Å²) >= 11 is 0. The third-order valence-corrected chi connectivity index (χ3v) is 2.79. The fraction of sp³-hybridized carbons (Fsp3) is 0.500. The minimum atomic E-state index is -0.798. The molecule has 1 aliphatic rings. The molecule has 15 heavy (non-hydrogen) atoms. The Kier molecular flexibility index (Phi) is 2.67. The van der Waals surface area contributed by atoms with Gasteiger partial charge in [-0.2, -0.15) is 0 Å². The Morgan fingerprint density at radius 1 is 1.47 bits per heavy atom. The summed E-state index contributed by atoms with van der Waals surface area (Å²) in [4.78, 5) is 0. The number of aliphatic hydroxyl groups excluding tert-OH is 1. The summed E-state index contributed by atoms with van der Waals surface area (Å²) in [7, 11) is 1.66. The largest absolute Gasteiger partial charge is 0.496 e. The zero-order valence-electron chi connectivity index (χ0n) is 9.28. The van der Waals surface area contributed by atoms with Gasteiger partial charge >= 0.3 is 0 Å². The maximum atomic E-state index is 9.76. The molecular weight excluding hydrogens is 192 g/mol. The van der Waals surface area contributed by atoms with Gasteiger partial charge in [0.15, 0.2) is 6.29 Å². The van der Waals surface area contributed by atoms with Crippen LogP contribution in [0.5, 0.6) is 5.75 Å². The lowest BCUT2D eigenvalue weighted by molar-refractivity contribution is -0.143. The van der Waals surface area contributed by atoms with Gasteiger partial charge in [-0.15, -0.1) is 0 Å². The summed E-state index contributed by atoms with van der Waals surface area (Å²) in [5, 5.41) is 9.76. The fourth-order valence-corrected chi connectivity index (χ4v) is 2.03. The molecule has 0 saturated heterocycles. The smallest absolute Gasteiger partial charge is 0.181 e. The van der Waals surface area contributed by atoms with Crippen molar-refractivity contribution in [2.75, 3.05) is 7.11 Å². The fourth-order valence-electron chi connectivity index (χ4n) is 2.03. The van der Waals surface area contributed by atoms with Crippen LogP contribution in [0.25, 0.3) is 0 Å². The van der Waals surface area contributed by atoms with Gasteiger partial charge in [0.2, 0.25) is 0 Å². The van der Waals surface area contributed by atoms with Crippen molar-refractivity contribution in [2.24, 2.45) is 0 Å². The van der Waals surface area contributed by atoms with E-state index < -0.39 is 6.29 Å². The van der Waals surface area contributed by atoms with Crippen molar-refractivity contribution in [1.82, 2.24) is 0 Å². The number of hydrogen-bond acceptors (Lipinski definition) is 3. The highest BCUT2D eigenvalue weighted by molar-refractivity contribution is 5.43. The normalized spacial score (nSPS) is 24.8. The van der Waals surface area contributed by atoms with Gasteiger partial charge in [-0.1, -0.05) is 0 Å². The highest BCUT2D eigenvalue weighted by atomic mass is 16.6. The van der Waals surface area contributed by atoms with Crippen LogP contribution in [0.15, 0.2) is 12.1 Å². The molecule has 1 aromatic carbocycles. The van der Waals surface area contributed by atoms with Crippen LogP contribution in [0.3, 0.4) is 0 Å².